The Labute approximate surface area is 883 Å². The highest BCUT2D eigenvalue weighted by molar-refractivity contribution is 7.99. The van der Waals surface area contributed by atoms with Gasteiger partial charge in [0.1, 0.15) is 72.1 Å². The van der Waals surface area contributed by atoms with Gasteiger partial charge in [-0.15, -0.1) is 20.4 Å². The second-order valence-corrected chi connectivity index (χ2v) is 38.8. The van der Waals surface area contributed by atoms with Crippen LogP contribution in [0.4, 0.5) is 40.8 Å². The van der Waals surface area contributed by atoms with E-state index in [0.29, 0.717) is 28.2 Å². The molecule has 0 bridgehead atoms. The second-order valence-electron chi connectivity index (χ2n) is 34.5. The molecule has 0 spiro atoms. The van der Waals surface area contributed by atoms with Crippen LogP contribution in [0.15, 0.2) is 93.1 Å². The molecule has 0 radical (unpaired) electrons. The van der Waals surface area contributed by atoms with Gasteiger partial charge in [-0.25, -0.2) is 76.2 Å². The van der Waals surface area contributed by atoms with Crippen LogP contribution in [0.1, 0.15) is 235 Å². The molecule has 8 aliphatic rings. The SMILES string of the molecule is [2H]c1c([2H])c([C@]2([2H])C[C@@]2([2H])Nc2nc(SCCC)nc3c2nnn3[C@@H]2C[C@H](OC([2H])([2H])C([2H])([2H])O)[C@@H](O)[C@H]2O)c([2H])c(F)c1C.[2H]c1c([2H])c([C@]2([2H])C[C@@]2([2H])Nc2nc(SCCC)nc3c2nnn3[C@@H]2C[C@H](OC([2H])([2H])CO)[C@@H](O)[C@H]2O)c([2H])c(F)c1C.[2H]c1c([2H])c([C@]2([2H])C[C@@]2([2H])Nc2nc(SCCC)nc3c2nnn3[C@@H]2C[C@H](OCC([2H])([2H])O)[C@@H](O)[C@H]2O)c([2H])c(F)c1C.[2H]c1c([2H])c([C@]2([2H])C[C@@]2([2H])Nc2nc(SCCC)nc3c2nnn3[C@@H]2C[C@H](OCCO)[C@@H](O)[C@H]2O)c([2H])c(F)c1C. The Morgan fingerprint density at radius 1 is 0.347 bits per heavy atom. The Morgan fingerprint density at radius 3 is 0.847 bits per heavy atom. The van der Waals surface area contributed by atoms with Gasteiger partial charge >= 0.3 is 0 Å². The van der Waals surface area contributed by atoms with E-state index < -0.39 is 286 Å². The second kappa shape index (κ2) is 47.3. The van der Waals surface area contributed by atoms with Crippen molar-refractivity contribution in [1.29, 1.82) is 0 Å². The van der Waals surface area contributed by atoms with Gasteiger partial charge in [-0.3, -0.25) is 0 Å². The van der Waals surface area contributed by atoms with Gasteiger partial charge in [0, 0.05) is 102 Å². The Balaban J connectivity index is 0.000000152. The first-order valence-corrected chi connectivity index (χ1v) is 50.1. The molecule has 0 unspecified atom stereocenters. The van der Waals surface area contributed by atoms with Crippen LogP contribution in [-0.4, -0.2) is 334 Å². The quantitative estimate of drug-likeness (QED) is 0.00969. The maximum atomic E-state index is 14.7. The number of halogens is 4. The predicted molar refractivity (Wildman–Crippen MR) is 530 cm³/mol. The number of ether oxygens (including phenoxy) is 4. The highest BCUT2D eigenvalue weighted by Gasteiger charge is 2.51. The van der Waals surface area contributed by atoms with Crippen LogP contribution in [0.5, 0.6) is 0 Å². The summed E-state index contributed by atoms with van der Waals surface area (Å²) in [4.78, 5) is 36.0. The summed E-state index contributed by atoms with van der Waals surface area (Å²) in [6, 6.07) is -17.9. The number of fused-ring (bicyclic) bond motifs is 4. The maximum absolute atomic E-state index is 14.7. The average Bonchev–Trinajstić information content (AvgIpc) is 1.53. The molecule has 0 saturated heterocycles. The summed E-state index contributed by atoms with van der Waals surface area (Å²) in [6.07, 6.45) is -14.2. The lowest BCUT2D eigenvalue weighted by molar-refractivity contribution is -0.0629. The number of aromatic nitrogens is 20. The summed E-state index contributed by atoms with van der Waals surface area (Å²) in [5.41, 5.74) is -1.55. The molecule has 12 aromatic rings. The molecular formula is C96H124F4N24O16S4. The predicted octanol–water partition coefficient (Wildman–Crippen LogP) is 8.73. The molecule has 4 aromatic carbocycles. The van der Waals surface area contributed by atoms with Crippen LogP contribution in [0.25, 0.3) is 44.7 Å². The third kappa shape index (κ3) is 23.8. The first-order chi connectivity index (χ1) is 80.3. The standard InChI is InChI=1S/4C24H31FN6O4S/c4*1-3-8-36-24-27-22(26-16-10-14(16)13-5-4-12(2)15(25)9-13)19-23(28-24)31(30-29-19)17-11-18(35-7-6-32)21(34)20(17)33/h4*4-5,9,14,16-18,20-21,32-34H,3,6-8,10-11H2,1-2H3,(H,26,27,28)/t4*14-,16+,17+,18-,20-,21+/m0000/s1/i4D,5D,6D2,7D2,9D,14D,16D;4D,5D,7D2,9D,14D,16D;4D,5D,6D2,9D,14D,16D;4D,5D,9D,14D,16D. The summed E-state index contributed by atoms with van der Waals surface area (Å²) >= 11 is 5.15. The molecule has 8 heterocycles. The fraction of sp³-hybridized carbons (Fsp3) is 0.583. The van der Waals surface area contributed by atoms with E-state index in [1.54, 1.807) is 0 Å². The maximum Gasteiger partial charge on any atom is 0.191 e. The molecule has 0 aliphatic heterocycles. The minimum absolute atomic E-state index is 0.00466. The van der Waals surface area contributed by atoms with Crippen LogP contribution in [0, 0.1) is 51.0 Å². The Hall–Kier alpha value is -9.52. The molecule has 776 valence electrons. The zero-order valence-electron chi connectivity index (χ0n) is 106. The topological polar surface area (TPSA) is 554 Å². The minimum Gasteiger partial charge on any atom is -0.394 e. The van der Waals surface area contributed by atoms with E-state index in [1.807, 2.05) is 27.7 Å². The number of rotatable bonds is 40. The third-order valence-corrected chi connectivity index (χ3v) is 28.6. The van der Waals surface area contributed by atoms with E-state index in [9.17, 15) is 73.7 Å². The van der Waals surface area contributed by atoms with E-state index in [0.717, 1.165) is 30.4 Å². The lowest BCUT2D eigenvalue weighted by Gasteiger charge is -2.17. The molecule has 20 rings (SSSR count). The zero-order chi connectivity index (χ0) is 127. The summed E-state index contributed by atoms with van der Waals surface area (Å²) in [6.45, 7) is -0.749. The van der Waals surface area contributed by atoms with E-state index in [1.165, 1.54) is 88.8 Å². The van der Waals surface area contributed by atoms with Crippen LogP contribution in [-0.2, 0) is 18.9 Å². The fourth-order valence-electron chi connectivity index (χ4n) is 16.4. The molecule has 0 amide bonds. The number of nitrogens with one attached hydrogen (secondary N) is 4. The van der Waals surface area contributed by atoms with Gasteiger partial charge in [0.25, 0.3) is 0 Å². The molecule has 8 aliphatic carbocycles. The summed E-state index contributed by atoms with van der Waals surface area (Å²) in [5.74, 6) is -9.40. The van der Waals surface area contributed by atoms with Gasteiger partial charge in [0.05, 0.1) is 134 Å². The molecule has 40 nitrogen and oxygen atoms in total. The number of nitrogens with zero attached hydrogens (tertiary/aromatic N) is 20. The highest BCUT2D eigenvalue weighted by atomic mass is 32.2. The van der Waals surface area contributed by atoms with Crippen molar-refractivity contribution in [1.82, 2.24) is 99.8 Å². The number of anilines is 4. The molecule has 16 N–H and O–H groups in total. The number of thioether (sulfide) groups is 4. The molecule has 24 atom stereocenters. The molecule has 48 heteroatoms. The van der Waals surface area contributed by atoms with Crippen LogP contribution in [0.3, 0.4) is 0 Å². The molecular weight excluding hydrogens is 1950 g/mol. The number of benzene rings is 4. The first-order valence-electron chi connectivity index (χ1n) is 60.2. The van der Waals surface area contributed by atoms with Crippen molar-refractivity contribution in [3.05, 3.63) is 140 Å². The lowest BCUT2D eigenvalue weighted by Crippen LogP contribution is -2.33. The zero-order valence-corrected chi connectivity index (χ0v) is 81.7. The summed E-state index contributed by atoms with van der Waals surface area (Å²) < 4.78 is 315. The van der Waals surface area contributed by atoms with Crippen molar-refractivity contribution in [2.45, 2.75) is 298 Å². The van der Waals surface area contributed by atoms with Gasteiger partial charge in [-0.05, 0) is 148 Å². The van der Waals surface area contributed by atoms with Crippen molar-refractivity contribution in [2.24, 2.45) is 0 Å². The van der Waals surface area contributed by atoms with Crippen molar-refractivity contribution < 1.29 is 136 Å². The lowest BCUT2D eigenvalue weighted by atomic mass is 10.1. The van der Waals surface area contributed by atoms with Crippen molar-refractivity contribution >= 4 is 115 Å². The van der Waals surface area contributed by atoms with Crippen LogP contribution >= 0.6 is 47.0 Å². The molecule has 8 saturated carbocycles. The number of hydrogen-bond acceptors (Lipinski definition) is 40. The van der Waals surface area contributed by atoms with E-state index in [2.05, 4.69) is 102 Å². The normalized spacial score (nSPS) is 34.9. The smallest absolute Gasteiger partial charge is 0.191 e. The molecule has 8 fully saturated rings. The highest BCUT2D eigenvalue weighted by Crippen LogP contribution is 2.50. The first kappa shape index (κ1) is 75.2. The number of hydrogen-bond donors (Lipinski definition) is 16. The molecule has 8 aromatic heterocycles. The van der Waals surface area contributed by atoms with Crippen molar-refractivity contribution in [3.8, 4) is 0 Å². The van der Waals surface area contributed by atoms with E-state index in [4.69, 9.17) is 62.4 Å². The largest absolute Gasteiger partial charge is 0.394 e. The molecule has 144 heavy (non-hydrogen) atoms. The monoisotopic (exact) mass is 2100 g/mol. The van der Waals surface area contributed by atoms with Crippen LogP contribution < -0.4 is 21.3 Å². The average molecular weight is 2100 g/mol. The fourth-order valence-corrected chi connectivity index (χ4v) is 19.2. The Morgan fingerprint density at radius 2 is 0.604 bits per heavy atom. The van der Waals surface area contributed by atoms with Gasteiger partial charge in [-0.2, -0.15) is 0 Å². The summed E-state index contributed by atoms with van der Waals surface area (Å²) in [5, 5.41) is 168. The van der Waals surface area contributed by atoms with E-state index >= 15 is 0 Å². The number of aliphatic hydroxyl groups excluding tert-OH is 10. The Bertz CT molecular complexity index is 7980. The van der Waals surface area contributed by atoms with Gasteiger partial charge in [-0.1, -0.05) is 144 Å². The van der Waals surface area contributed by atoms with Gasteiger partial charge in [0.15, 0.2) is 88.6 Å². The number of aliphatic hydroxyl groups is 12. The van der Waals surface area contributed by atoms with Gasteiger partial charge < -0.3 is 101 Å². The van der Waals surface area contributed by atoms with Crippen LogP contribution in [0.2, 0.25) is 0 Å². The Kier molecular flexibility index (Phi) is 24.7. The summed E-state index contributed by atoms with van der Waals surface area (Å²) in [7, 11) is 0. The van der Waals surface area contributed by atoms with Gasteiger partial charge in [0.2, 0.25) is 0 Å². The van der Waals surface area contributed by atoms with E-state index in [-0.39, 0.29) is 187 Å². The minimum atomic E-state index is -3.41. The van der Waals surface area contributed by atoms with Crippen molar-refractivity contribution in [2.75, 3.05) is 96.9 Å². The van der Waals surface area contributed by atoms with Crippen molar-refractivity contribution in [3.63, 3.8) is 0 Å². The third-order valence-electron chi connectivity index (χ3n) is 24.4.